The van der Waals surface area contributed by atoms with Crippen LogP contribution in [0, 0.1) is 47.3 Å². The van der Waals surface area contributed by atoms with Gasteiger partial charge in [-0.15, -0.1) is 0 Å². The van der Waals surface area contributed by atoms with E-state index in [4.69, 9.17) is 0 Å². The van der Waals surface area contributed by atoms with E-state index in [-0.39, 0.29) is 0 Å². The van der Waals surface area contributed by atoms with E-state index in [1.807, 2.05) is 0 Å². The van der Waals surface area contributed by atoms with Crippen LogP contribution >= 0.6 is 0 Å². The minimum atomic E-state index is 0.422. The Kier molecular flexibility index (Phi) is 7.78. The molecule has 2 radical (unpaired) electrons. The maximum absolute atomic E-state index is 4.32. The van der Waals surface area contributed by atoms with Gasteiger partial charge < -0.3 is 0 Å². The predicted molar refractivity (Wildman–Crippen MR) is 163 cm³/mol. The van der Waals surface area contributed by atoms with Crippen molar-refractivity contribution < 1.29 is 0 Å². The van der Waals surface area contributed by atoms with Crippen molar-refractivity contribution in [3.05, 3.63) is 0 Å². The van der Waals surface area contributed by atoms with Gasteiger partial charge in [0.15, 0.2) is 0 Å². The van der Waals surface area contributed by atoms with Crippen molar-refractivity contribution in [2.24, 2.45) is 47.3 Å². The molecule has 17 unspecified atom stereocenters. The summed E-state index contributed by atoms with van der Waals surface area (Å²) < 4.78 is 0.946. The molecule has 0 aromatic heterocycles. The van der Waals surface area contributed by atoms with Crippen molar-refractivity contribution in [3.8, 4) is 0 Å². The van der Waals surface area contributed by atoms with E-state index >= 15 is 0 Å². The van der Waals surface area contributed by atoms with E-state index in [1.54, 1.807) is 0 Å². The summed E-state index contributed by atoms with van der Waals surface area (Å²) >= 11 is 1.08. The first-order valence-electron chi connectivity index (χ1n) is 18.1. The van der Waals surface area contributed by atoms with E-state index < -0.39 is 0 Å². The zero-order valence-electron chi connectivity index (χ0n) is 25.0. The molecule has 228 valence electrons. The van der Waals surface area contributed by atoms with Crippen molar-refractivity contribution >= 4 is 25.8 Å². The topological polar surface area (TPSA) is 96.2 Å². The SMILES string of the molecule is [PbH][CH]1CCCC2C3NC4NC(NC5NC(NC6NC(NC(N3)C12)C1CCCCC61)C1CCCCC51)C1CCCCC41. The van der Waals surface area contributed by atoms with Gasteiger partial charge in [-0.05, 0) is 0 Å². The van der Waals surface area contributed by atoms with Crippen molar-refractivity contribution in [2.45, 2.75) is 149 Å². The van der Waals surface area contributed by atoms with Gasteiger partial charge >= 0.3 is 258 Å². The van der Waals surface area contributed by atoms with Crippen LogP contribution in [0.5, 0.6) is 0 Å². The fourth-order valence-electron chi connectivity index (χ4n) is 12.1. The van der Waals surface area contributed by atoms with Gasteiger partial charge in [-0.1, -0.05) is 6.42 Å². The summed E-state index contributed by atoms with van der Waals surface area (Å²) in [6, 6.07) is 0. The third-order valence-corrected chi connectivity index (χ3v) is 17.0. The Labute approximate surface area is 263 Å². The second kappa shape index (κ2) is 11.4. The normalized spacial score (nSPS) is 58.3. The molecule has 8 nitrogen and oxygen atoms in total. The average molecular weight is 760 g/mol. The maximum atomic E-state index is 4.32. The van der Waals surface area contributed by atoms with Crippen molar-refractivity contribution in [3.63, 3.8) is 0 Å². The van der Waals surface area contributed by atoms with Crippen LogP contribution in [0.4, 0.5) is 0 Å². The number of hydrogen-bond acceptors (Lipinski definition) is 8. The van der Waals surface area contributed by atoms with Crippen LogP contribution in [0.1, 0.15) is 96.3 Å². The average Bonchev–Trinajstić information content (AvgIpc) is 3.73. The third-order valence-electron chi connectivity index (χ3n) is 13.9. The summed E-state index contributed by atoms with van der Waals surface area (Å²) in [5.74, 6) is 6.05. The molecule has 5 aliphatic heterocycles. The summed E-state index contributed by atoms with van der Waals surface area (Å²) in [5, 5.41) is 34.0. The molecule has 0 spiro atoms. The Bertz CT molecular complexity index is 953. The van der Waals surface area contributed by atoms with E-state index in [0.29, 0.717) is 49.3 Å². The van der Waals surface area contributed by atoms with Gasteiger partial charge in [0.25, 0.3) is 0 Å². The summed E-state index contributed by atoms with van der Waals surface area (Å²) in [7, 11) is 0. The van der Waals surface area contributed by atoms with Gasteiger partial charge in [0.2, 0.25) is 0 Å². The zero-order valence-corrected chi connectivity index (χ0v) is 29.5. The van der Waals surface area contributed by atoms with Gasteiger partial charge in [0, 0.05) is 0 Å². The molecule has 9 heteroatoms. The third kappa shape index (κ3) is 4.86. The zero-order chi connectivity index (χ0) is 27.1. The summed E-state index contributed by atoms with van der Waals surface area (Å²) in [5.41, 5.74) is 0. The van der Waals surface area contributed by atoms with Gasteiger partial charge in [-0.25, -0.2) is 0 Å². The Morgan fingerprint density at radius 1 is 0.293 bits per heavy atom. The van der Waals surface area contributed by atoms with Crippen molar-refractivity contribution in [1.29, 1.82) is 0 Å². The molecular formula is C32H56N8Pb. The van der Waals surface area contributed by atoms with E-state index in [1.165, 1.54) is 96.3 Å². The molecule has 8 bridgehead atoms. The van der Waals surface area contributed by atoms with Crippen LogP contribution < -0.4 is 42.5 Å². The molecule has 9 rings (SSSR count). The molecule has 41 heavy (non-hydrogen) atoms. The number of nitrogens with one attached hydrogen (secondary N) is 8. The monoisotopic (exact) mass is 760 g/mol. The second-order valence-corrected chi connectivity index (χ2v) is 19.2. The van der Waals surface area contributed by atoms with Crippen LogP contribution in [0.25, 0.3) is 0 Å². The van der Waals surface area contributed by atoms with Gasteiger partial charge in [-0.2, -0.15) is 0 Å². The van der Waals surface area contributed by atoms with E-state index in [2.05, 4.69) is 42.5 Å². The van der Waals surface area contributed by atoms with Crippen LogP contribution in [-0.4, -0.2) is 75.1 Å². The molecule has 5 heterocycles. The fourth-order valence-corrected chi connectivity index (χ4v) is 15.0. The molecule has 8 N–H and O–H groups in total. The van der Waals surface area contributed by atoms with Crippen LogP contribution in [0.3, 0.4) is 0 Å². The molecule has 0 aromatic carbocycles. The van der Waals surface area contributed by atoms with Crippen LogP contribution in [-0.2, 0) is 0 Å². The molecule has 0 amide bonds. The Hall–Kier alpha value is 0.602. The van der Waals surface area contributed by atoms with Gasteiger partial charge in [0.1, 0.15) is 0 Å². The first-order valence-corrected chi connectivity index (χ1v) is 20.6. The summed E-state index contributed by atoms with van der Waals surface area (Å²) in [4.78, 5) is 0. The van der Waals surface area contributed by atoms with E-state index in [0.717, 1.165) is 76.6 Å². The van der Waals surface area contributed by atoms with Gasteiger partial charge in [-0.3, -0.25) is 0 Å². The predicted octanol–water partition coefficient (Wildman–Crippen LogP) is 1.90. The Morgan fingerprint density at radius 2 is 0.561 bits per heavy atom. The first kappa shape index (κ1) is 27.9. The van der Waals surface area contributed by atoms with Gasteiger partial charge in [0.05, 0.1) is 0 Å². The Morgan fingerprint density at radius 3 is 0.902 bits per heavy atom. The Balaban J connectivity index is 1.06. The molecule has 5 saturated heterocycles. The molecule has 4 aliphatic carbocycles. The van der Waals surface area contributed by atoms with Crippen LogP contribution in [0.15, 0.2) is 0 Å². The molecule has 0 aromatic rings. The fraction of sp³-hybridized carbons (Fsp3) is 1.00. The summed E-state index contributed by atoms with van der Waals surface area (Å²) in [6.07, 6.45) is 24.4. The molecule has 9 aliphatic rings. The first-order chi connectivity index (χ1) is 20.2. The summed E-state index contributed by atoms with van der Waals surface area (Å²) in [6.45, 7) is 0. The minimum absolute atomic E-state index is 0.422. The second-order valence-electron chi connectivity index (χ2n) is 15.8. The molecule has 9 fully saturated rings. The number of hydrogen-bond donors (Lipinski definition) is 8. The standard InChI is InChI=1S/C32H55N8.Pb.H/c1-2-10-18-17(9-1)25-33-26(18)38-28-21-13-5-6-14-22(21)30(35-28)40-32-24-16-8-7-15-23(24)31(36-32)39-29-20-12-4-3-11-19(20)27(34-29)37-25;;/h9,17-40H,1-8,10-16H2;;. The number of fused-ring (bicyclic) bond motifs is 20. The van der Waals surface area contributed by atoms with Crippen molar-refractivity contribution in [2.75, 3.05) is 0 Å². The van der Waals surface area contributed by atoms with E-state index in [9.17, 15) is 0 Å². The molecule has 4 saturated carbocycles. The van der Waals surface area contributed by atoms with Crippen LogP contribution in [0.2, 0.25) is 3.48 Å². The molecule has 17 atom stereocenters. The van der Waals surface area contributed by atoms with Crippen molar-refractivity contribution in [1.82, 2.24) is 42.5 Å². The number of rotatable bonds is 0. The molecular weight excluding hydrogens is 704 g/mol. The quantitative estimate of drug-likeness (QED) is 0.178.